The quantitative estimate of drug-likeness (QED) is 0.672. The first-order chi connectivity index (χ1) is 10.7. The largest absolute Gasteiger partial charge is 0.348 e. The molecule has 0 saturated heterocycles. The van der Waals surface area contributed by atoms with E-state index in [0.717, 1.165) is 23.5 Å². The summed E-state index contributed by atoms with van der Waals surface area (Å²) in [5, 5.41) is 4.47. The van der Waals surface area contributed by atoms with E-state index in [1.54, 1.807) is 0 Å². The second kappa shape index (κ2) is 6.42. The Morgan fingerprint density at radius 1 is 1.14 bits per heavy atom. The van der Waals surface area contributed by atoms with Crippen LogP contribution < -0.4 is 5.32 Å². The van der Waals surface area contributed by atoms with Gasteiger partial charge in [0.1, 0.15) is 5.82 Å². The van der Waals surface area contributed by atoms with Gasteiger partial charge in [0.15, 0.2) is 0 Å². The van der Waals surface area contributed by atoms with Crippen LogP contribution in [0.3, 0.4) is 0 Å². The molecule has 22 heavy (non-hydrogen) atoms. The molecule has 0 amide bonds. The van der Waals surface area contributed by atoms with Crippen LogP contribution in [0.1, 0.15) is 6.92 Å². The number of aromatic nitrogens is 2. The molecular formula is C17H15Cl2N3. The summed E-state index contributed by atoms with van der Waals surface area (Å²) < 4.78 is 2.15. The van der Waals surface area contributed by atoms with Gasteiger partial charge in [0.2, 0.25) is 0 Å². The summed E-state index contributed by atoms with van der Waals surface area (Å²) in [6.45, 7) is 3.01. The first-order valence-corrected chi connectivity index (χ1v) is 7.76. The topological polar surface area (TPSA) is 29.9 Å². The maximum atomic E-state index is 6.36. The molecule has 0 unspecified atom stereocenters. The lowest BCUT2D eigenvalue weighted by atomic mass is 10.2. The van der Waals surface area contributed by atoms with Crippen LogP contribution in [0.15, 0.2) is 54.9 Å². The van der Waals surface area contributed by atoms with E-state index in [4.69, 9.17) is 23.2 Å². The predicted octanol–water partition coefficient (Wildman–Crippen LogP) is 5.62. The molecule has 0 saturated carbocycles. The molecule has 0 atom stereocenters. The van der Waals surface area contributed by atoms with Crippen LogP contribution in [-0.2, 0) is 6.54 Å². The van der Waals surface area contributed by atoms with E-state index < -0.39 is 0 Å². The minimum Gasteiger partial charge on any atom is -0.348 e. The Balaban J connectivity index is 1.87. The standard InChI is InChI=1S/C17H15Cl2N3/c1-2-22-9-3-4-16(22)12-10-15(19)17(20-11-12)21-14-7-5-13(18)6-8-14/h3-11H,2H2,1H3,(H,20,21). The van der Waals surface area contributed by atoms with Gasteiger partial charge in [-0.05, 0) is 49.4 Å². The lowest BCUT2D eigenvalue weighted by molar-refractivity contribution is 0.777. The van der Waals surface area contributed by atoms with Gasteiger partial charge in [0, 0.05) is 40.9 Å². The van der Waals surface area contributed by atoms with Gasteiger partial charge in [0.05, 0.1) is 5.02 Å². The van der Waals surface area contributed by atoms with E-state index in [9.17, 15) is 0 Å². The molecule has 0 spiro atoms. The van der Waals surface area contributed by atoms with Crippen molar-refractivity contribution in [3.05, 3.63) is 64.9 Å². The fraction of sp³-hybridized carbons (Fsp3) is 0.118. The Morgan fingerprint density at radius 2 is 1.91 bits per heavy atom. The molecule has 2 heterocycles. The van der Waals surface area contributed by atoms with Gasteiger partial charge < -0.3 is 9.88 Å². The number of aryl methyl sites for hydroxylation is 1. The maximum absolute atomic E-state index is 6.36. The van der Waals surface area contributed by atoms with Crippen LogP contribution in [0.25, 0.3) is 11.3 Å². The van der Waals surface area contributed by atoms with Crippen LogP contribution in [0.4, 0.5) is 11.5 Å². The summed E-state index contributed by atoms with van der Waals surface area (Å²) in [6.07, 6.45) is 3.87. The van der Waals surface area contributed by atoms with E-state index in [-0.39, 0.29) is 0 Å². The predicted molar refractivity (Wildman–Crippen MR) is 93.1 cm³/mol. The number of pyridine rings is 1. The molecule has 0 fully saturated rings. The first-order valence-electron chi connectivity index (χ1n) is 7.01. The molecule has 0 aliphatic rings. The van der Waals surface area contributed by atoms with Gasteiger partial charge in [0.25, 0.3) is 0 Å². The molecule has 3 aromatic rings. The first kappa shape index (κ1) is 14.9. The third-order valence-electron chi connectivity index (χ3n) is 3.41. The van der Waals surface area contributed by atoms with Crippen molar-refractivity contribution >= 4 is 34.7 Å². The number of anilines is 2. The van der Waals surface area contributed by atoms with Crippen molar-refractivity contribution in [1.82, 2.24) is 9.55 Å². The zero-order valence-electron chi connectivity index (χ0n) is 12.1. The molecule has 0 bridgehead atoms. The van der Waals surface area contributed by atoms with Gasteiger partial charge in [-0.1, -0.05) is 23.2 Å². The lowest BCUT2D eigenvalue weighted by Crippen LogP contribution is -1.98. The highest BCUT2D eigenvalue weighted by Crippen LogP contribution is 2.29. The molecule has 5 heteroatoms. The van der Waals surface area contributed by atoms with Crippen molar-refractivity contribution in [3.63, 3.8) is 0 Å². The number of hydrogen-bond donors (Lipinski definition) is 1. The maximum Gasteiger partial charge on any atom is 0.149 e. The second-order valence-electron chi connectivity index (χ2n) is 4.87. The second-order valence-corrected chi connectivity index (χ2v) is 5.71. The molecular weight excluding hydrogens is 317 g/mol. The number of halogens is 2. The minimum absolute atomic E-state index is 0.580. The average Bonchev–Trinajstić information content (AvgIpc) is 3.00. The van der Waals surface area contributed by atoms with Crippen LogP contribution in [0.5, 0.6) is 0 Å². The summed E-state index contributed by atoms with van der Waals surface area (Å²) >= 11 is 12.2. The van der Waals surface area contributed by atoms with Crippen molar-refractivity contribution in [2.75, 3.05) is 5.32 Å². The van der Waals surface area contributed by atoms with Gasteiger partial charge in [-0.15, -0.1) is 0 Å². The van der Waals surface area contributed by atoms with Gasteiger partial charge >= 0.3 is 0 Å². The van der Waals surface area contributed by atoms with Crippen LogP contribution >= 0.6 is 23.2 Å². The monoisotopic (exact) mass is 331 g/mol. The Labute approximate surface area is 139 Å². The van der Waals surface area contributed by atoms with Crippen molar-refractivity contribution in [2.45, 2.75) is 13.5 Å². The molecule has 3 nitrogen and oxygen atoms in total. The van der Waals surface area contributed by atoms with E-state index in [0.29, 0.717) is 15.9 Å². The SMILES string of the molecule is CCn1cccc1-c1cnc(Nc2ccc(Cl)cc2)c(Cl)c1. The summed E-state index contributed by atoms with van der Waals surface area (Å²) in [6, 6.07) is 13.4. The van der Waals surface area contributed by atoms with Crippen LogP contribution in [0, 0.1) is 0 Å². The highest BCUT2D eigenvalue weighted by Gasteiger charge is 2.08. The summed E-state index contributed by atoms with van der Waals surface area (Å²) in [7, 11) is 0. The third kappa shape index (κ3) is 3.11. The highest BCUT2D eigenvalue weighted by molar-refractivity contribution is 6.33. The number of nitrogens with one attached hydrogen (secondary N) is 1. The van der Waals surface area contributed by atoms with E-state index in [1.807, 2.05) is 48.8 Å². The van der Waals surface area contributed by atoms with Crippen molar-refractivity contribution in [1.29, 1.82) is 0 Å². The fourth-order valence-corrected chi connectivity index (χ4v) is 2.63. The number of rotatable bonds is 4. The van der Waals surface area contributed by atoms with Crippen molar-refractivity contribution < 1.29 is 0 Å². The molecule has 0 aliphatic carbocycles. The Kier molecular flexibility index (Phi) is 4.36. The lowest BCUT2D eigenvalue weighted by Gasteiger charge is -2.10. The number of benzene rings is 1. The van der Waals surface area contributed by atoms with Gasteiger partial charge in [-0.2, -0.15) is 0 Å². The molecule has 3 rings (SSSR count). The van der Waals surface area contributed by atoms with Gasteiger partial charge in [-0.3, -0.25) is 0 Å². The molecule has 2 aromatic heterocycles. The van der Waals surface area contributed by atoms with E-state index in [2.05, 4.69) is 27.9 Å². The van der Waals surface area contributed by atoms with Crippen molar-refractivity contribution in [3.8, 4) is 11.3 Å². The molecule has 0 radical (unpaired) electrons. The zero-order chi connectivity index (χ0) is 15.5. The molecule has 1 N–H and O–H groups in total. The third-order valence-corrected chi connectivity index (χ3v) is 3.95. The minimum atomic E-state index is 0.580. The number of nitrogens with zero attached hydrogens (tertiary/aromatic N) is 2. The van der Waals surface area contributed by atoms with Crippen LogP contribution in [-0.4, -0.2) is 9.55 Å². The Morgan fingerprint density at radius 3 is 2.59 bits per heavy atom. The molecule has 0 aliphatic heterocycles. The van der Waals surface area contributed by atoms with Gasteiger partial charge in [-0.25, -0.2) is 4.98 Å². The normalized spacial score (nSPS) is 10.7. The summed E-state index contributed by atoms with van der Waals surface area (Å²) in [4.78, 5) is 4.44. The Bertz CT molecular complexity index is 779. The summed E-state index contributed by atoms with van der Waals surface area (Å²) in [5.74, 6) is 0.627. The van der Waals surface area contributed by atoms with Crippen molar-refractivity contribution in [2.24, 2.45) is 0 Å². The average molecular weight is 332 g/mol. The van der Waals surface area contributed by atoms with Crippen LogP contribution in [0.2, 0.25) is 10.0 Å². The van der Waals surface area contributed by atoms with E-state index >= 15 is 0 Å². The zero-order valence-corrected chi connectivity index (χ0v) is 13.6. The Hall–Kier alpha value is -1.97. The molecule has 112 valence electrons. The molecule has 1 aromatic carbocycles. The smallest absolute Gasteiger partial charge is 0.149 e. The summed E-state index contributed by atoms with van der Waals surface area (Å²) in [5.41, 5.74) is 3.00. The van der Waals surface area contributed by atoms with E-state index in [1.165, 1.54) is 0 Å². The number of hydrogen-bond acceptors (Lipinski definition) is 2. The fourth-order valence-electron chi connectivity index (χ4n) is 2.29. The highest BCUT2D eigenvalue weighted by atomic mass is 35.5.